The van der Waals surface area contributed by atoms with Crippen molar-refractivity contribution in [1.82, 2.24) is 10.6 Å². The number of amides is 2. The number of carbonyl (C=O) groups is 2. The number of benzene rings is 3. The van der Waals surface area contributed by atoms with Crippen LogP contribution in [0.3, 0.4) is 0 Å². The van der Waals surface area contributed by atoms with E-state index in [9.17, 15) is 9.59 Å². The van der Waals surface area contributed by atoms with Crippen LogP contribution in [-0.2, 0) is 11.3 Å². The molecular weight excluding hydrogens is 364 g/mol. The Hall–Kier alpha value is -3.60. The van der Waals surface area contributed by atoms with Crippen LogP contribution < -0.4 is 15.4 Å². The lowest BCUT2D eigenvalue weighted by molar-refractivity contribution is -0.120. The maximum Gasteiger partial charge on any atom is 0.251 e. The maximum atomic E-state index is 12.3. The minimum absolute atomic E-state index is 0.0789. The van der Waals surface area contributed by atoms with Crippen molar-refractivity contribution in [2.24, 2.45) is 0 Å². The van der Waals surface area contributed by atoms with Crippen molar-refractivity contribution in [3.8, 4) is 16.9 Å². The van der Waals surface area contributed by atoms with E-state index in [1.165, 1.54) is 0 Å². The maximum absolute atomic E-state index is 12.3. The van der Waals surface area contributed by atoms with E-state index in [-0.39, 0.29) is 18.4 Å². The van der Waals surface area contributed by atoms with Crippen LogP contribution in [-0.4, -0.2) is 25.0 Å². The molecular formula is C24H24N2O3. The summed E-state index contributed by atoms with van der Waals surface area (Å²) >= 11 is 0. The topological polar surface area (TPSA) is 67.4 Å². The lowest BCUT2D eigenvalue weighted by Crippen LogP contribution is -2.36. The second kappa shape index (κ2) is 10.1. The summed E-state index contributed by atoms with van der Waals surface area (Å²) in [4.78, 5) is 24.3. The second-order valence-corrected chi connectivity index (χ2v) is 6.48. The highest BCUT2D eigenvalue weighted by molar-refractivity contribution is 5.96. The SMILES string of the molecule is CCOc1cccc(CNC(=O)CNC(=O)c2ccc(-c3ccccc3)cc2)c1. The molecule has 2 amide bonds. The van der Waals surface area contributed by atoms with Gasteiger partial charge in [0.15, 0.2) is 0 Å². The molecule has 0 heterocycles. The summed E-state index contributed by atoms with van der Waals surface area (Å²) in [7, 11) is 0. The van der Waals surface area contributed by atoms with Crippen molar-refractivity contribution in [3.63, 3.8) is 0 Å². The predicted molar refractivity (Wildman–Crippen MR) is 114 cm³/mol. The number of hydrogen-bond acceptors (Lipinski definition) is 3. The Morgan fingerprint density at radius 1 is 0.828 bits per heavy atom. The van der Waals surface area contributed by atoms with Gasteiger partial charge in [-0.3, -0.25) is 9.59 Å². The van der Waals surface area contributed by atoms with Gasteiger partial charge in [0, 0.05) is 12.1 Å². The fourth-order valence-corrected chi connectivity index (χ4v) is 2.88. The fraction of sp³-hybridized carbons (Fsp3) is 0.167. The van der Waals surface area contributed by atoms with Crippen molar-refractivity contribution in [1.29, 1.82) is 0 Å². The van der Waals surface area contributed by atoms with Crippen LogP contribution in [0.2, 0.25) is 0 Å². The molecule has 0 radical (unpaired) electrons. The van der Waals surface area contributed by atoms with Gasteiger partial charge in [-0.15, -0.1) is 0 Å². The van der Waals surface area contributed by atoms with E-state index >= 15 is 0 Å². The van der Waals surface area contributed by atoms with Crippen molar-refractivity contribution in [2.45, 2.75) is 13.5 Å². The van der Waals surface area contributed by atoms with Gasteiger partial charge in [0.2, 0.25) is 5.91 Å². The smallest absolute Gasteiger partial charge is 0.251 e. The number of hydrogen-bond donors (Lipinski definition) is 2. The molecule has 148 valence electrons. The lowest BCUT2D eigenvalue weighted by Gasteiger charge is -2.09. The van der Waals surface area contributed by atoms with Crippen LogP contribution in [0.1, 0.15) is 22.8 Å². The number of rotatable bonds is 8. The average Bonchev–Trinajstić information content (AvgIpc) is 2.77. The van der Waals surface area contributed by atoms with E-state index in [1.54, 1.807) is 12.1 Å². The molecule has 2 N–H and O–H groups in total. The van der Waals surface area contributed by atoms with Gasteiger partial charge < -0.3 is 15.4 Å². The summed E-state index contributed by atoms with van der Waals surface area (Å²) in [5, 5.41) is 5.45. The van der Waals surface area contributed by atoms with Crippen LogP contribution in [0.5, 0.6) is 5.75 Å². The quantitative estimate of drug-likeness (QED) is 0.617. The van der Waals surface area contributed by atoms with E-state index in [0.717, 1.165) is 22.4 Å². The average molecular weight is 388 g/mol. The van der Waals surface area contributed by atoms with E-state index < -0.39 is 0 Å². The van der Waals surface area contributed by atoms with E-state index in [2.05, 4.69) is 10.6 Å². The molecule has 0 saturated heterocycles. The number of nitrogens with one attached hydrogen (secondary N) is 2. The van der Waals surface area contributed by atoms with Crippen LogP contribution in [0.15, 0.2) is 78.9 Å². The summed E-state index contributed by atoms with van der Waals surface area (Å²) in [6.45, 7) is 2.81. The van der Waals surface area contributed by atoms with Crippen LogP contribution in [0, 0.1) is 0 Å². The molecule has 0 atom stereocenters. The molecule has 0 aliphatic rings. The zero-order valence-electron chi connectivity index (χ0n) is 16.4. The Morgan fingerprint density at radius 3 is 2.28 bits per heavy atom. The molecule has 3 aromatic rings. The second-order valence-electron chi connectivity index (χ2n) is 6.48. The number of carbonyl (C=O) groups excluding carboxylic acids is 2. The highest BCUT2D eigenvalue weighted by Gasteiger charge is 2.08. The Kier molecular flexibility index (Phi) is 7.00. The number of ether oxygens (including phenoxy) is 1. The molecule has 0 bridgehead atoms. The summed E-state index contributed by atoms with van der Waals surface area (Å²) in [6.07, 6.45) is 0. The summed E-state index contributed by atoms with van der Waals surface area (Å²) in [5.41, 5.74) is 3.58. The Morgan fingerprint density at radius 2 is 1.55 bits per heavy atom. The van der Waals surface area contributed by atoms with E-state index in [0.29, 0.717) is 18.7 Å². The first-order chi connectivity index (χ1) is 14.2. The van der Waals surface area contributed by atoms with E-state index in [4.69, 9.17) is 4.74 Å². The first kappa shape index (κ1) is 20.1. The van der Waals surface area contributed by atoms with Gasteiger partial charge in [-0.2, -0.15) is 0 Å². The third-order valence-electron chi connectivity index (χ3n) is 4.36. The van der Waals surface area contributed by atoms with Gasteiger partial charge in [0.05, 0.1) is 13.2 Å². The van der Waals surface area contributed by atoms with Crippen molar-refractivity contribution in [3.05, 3.63) is 90.0 Å². The molecule has 0 aliphatic heterocycles. The summed E-state index contributed by atoms with van der Waals surface area (Å²) in [5.74, 6) is 0.241. The molecule has 3 rings (SSSR count). The predicted octanol–water partition coefficient (Wildman–Crippen LogP) is 3.80. The largest absolute Gasteiger partial charge is 0.494 e. The Balaban J connectivity index is 1.47. The Bertz CT molecular complexity index is 953. The highest BCUT2D eigenvalue weighted by Crippen LogP contribution is 2.19. The molecule has 0 aliphatic carbocycles. The molecule has 0 unspecified atom stereocenters. The first-order valence-electron chi connectivity index (χ1n) is 9.58. The first-order valence-corrected chi connectivity index (χ1v) is 9.58. The molecule has 0 saturated carbocycles. The molecule has 5 nitrogen and oxygen atoms in total. The van der Waals surface area contributed by atoms with Gasteiger partial charge in [-0.05, 0) is 47.9 Å². The molecule has 0 fully saturated rings. The van der Waals surface area contributed by atoms with Crippen molar-refractivity contribution >= 4 is 11.8 Å². The van der Waals surface area contributed by atoms with Crippen molar-refractivity contribution in [2.75, 3.05) is 13.2 Å². The summed E-state index contributed by atoms with van der Waals surface area (Å²) in [6, 6.07) is 24.8. The Labute approximate surface area is 170 Å². The van der Waals surface area contributed by atoms with Crippen LogP contribution in [0.25, 0.3) is 11.1 Å². The summed E-state index contributed by atoms with van der Waals surface area (Å²) < 4.78 is 5.45. The minimum atomic E-state index is -0.280. The zero-order chi connectivity index (χ0) is 20.5. The van der Waals surface area contributed by atoms with Crippen molar-refractivity contribution < 1.29 is 14.3 Å². The van der Waals surface area contributed by atoms with Gasteiger partial charge in [0.25, 0.3) is 5.91 Å². The third kappa shape index (κ3) is 5.94. The molecule has 29 heavy (non-hydrogen) atoms. The highest BCUT2D eigenvalue weighted by atomic mass is 16.5. The van der Waals surface area contributed by atoms with Crippen LogP contribution >= 0.6 is 0 Å². The van der Waals surface area contributed by atoms with Gasteiger partial charge >= 0.3 is 0 Å². The van der Waals surface area contributed by atoms with Gasteiger partial charge in [-0.1, -0.05) is 54.6 Å². The fourth-order valence-electron chi connectivity index (χ4n) is 2.88. The monoisotopic (exact) mass is 388 g/mol. The van der Waals surface area contributed by atoms with Gasteiger partial charge in [-0.25, -0.2) is 0 Å². The normalized spacial score (nSPS) is 10.2. The van der Waals surface area contributed by atoms with E-state index in [1.807, 2.05) is 73.7 Å². The molecule has 0 spiro atoms. The molecule has 0 aromatic heterocycles. The van der Waals surface area contributed by atoms with Gasteiger partial charge in [0.1, 0.15) is 5.75 Å². The zero-order valence-corrected chi connectivity index (χ0v) is 16.4. The third-order valence-corrected chi connectivity index (χ3v) is 4.36. The van der Waals surface area contributed by atoms with Crippen LogP contribution in [0.4, 0.5) is 0 Å². The minimum Gasteiger partial charge on any atom is -0.494 e. The molecule has 5 heteroatoms. The standard InChI is InChI=1S/C24H24N2O3/c1-2-29-22-10-6-7-18(15-22)16-25-23(27)17-26-24(28)21-13-11-20(12-14-21)19-8-4-3-5-9-19/h3-15H,2,16-17H2,1H3,(H,25,27)(H,26,28). The lowest BCUT2D eigenvalue weighted by atomic mass is 10.0. The molecule has 3 aromatic carbocycles.